The first kappa shape index (κ1) is 12.1. The number of nitrogens with one attached hydrogen (secondary N) is 1. The van der Waals surface area contributed by atoms with Crippen molar-refractivity contribution < 1.29 is 9.53 Å². The average molecular weight is 242 g/mol. The summed E-state index contributed by atoms with van der Waals surface area (Å²) in [7, 11) is 0. The van der Waals surface area contributed by atoms with Crippen LogP contribution in [0.3, 0.4) is 0 Å². The molecule has 0 bridgehead atoms. The van der Waals surface area contributed by atoms with E-state index in [0.29, 0.717) is 12.3 Å². The third-order valence-electron chi connectivity index (χ3n) is 2.52. The van der Waals surface area contributed by atoms with E-state index in [1.165, 1.54) is 0 Å². The van der Waals surface area contributed by atoms with Crippen molar-refractivity contribution in [2.24, 2.45) is 0 Å². The molecule has 1 aromatic heterocycles. The molecule has 1 aromatic carbocycles. The van der Waals surface area contributed by atoms with E-state index in [0.717, 1.165) is 11.1 Å². The molecular weight excluding hydrogens is 228 g/mol. The maximum Gasteiger partial charge on any atom is 0.412 e. The summed E-state index contributed by atoms with van der Waals surface area (Å²) in [5.74, 6) is 0.526. The monoisotopic (exact) mass is 242 g/mol. The fraction of sp³-hybridized carbons (Fsp3) is 0.143. The van der Waals surface area contributed by atoms with Gasteiger partial charge >= 0.3 is 6.09 Å². The van der Waals surface area contributed by atoms with E-state index in [1.807, 2.05) is 31.2 Å². The van der Waals surface area contributed by atoms with Crippen LogP contribution in [0.1, 0.15) is 11.1 Å². The molecule has 0 radical (unpaired) electrons. The summed E-state index contributed by atoms with van der Waals surface area (Å²) in [6.07, 6.45) is 2.99. The molecule has 2 aromatic rings. The molecule has 1 amide bonds. The number of carbonyl (C=O) groups excluding carboxylic acids is 1. The van der Waals surface area contributed by atoms with Crippen molar-refractivity contribution in [3.8, 4) is 5.75 Å². The van der Waals surface area contributed by atoms with Crippen molar-refractivity contribution in [1.29, 1.82) is 0 Å². The minimum Gasteiger partial charge on any atom is -0.410 e. The number of benzene rings is 1. The summed E-state index contributed by atoms with van der Waals surface area (Å²) in [5, 5.41) is 2.69. The van der Waals surface area contributed by atoms with E-state index in [2.05, 4.69) is 10.3 Å². The first-order chi connectivity index (χ1) is 8.75. The minimum atomic E-state index is -0.468. The number of carbonyl (C=O) groups is 1. The third kappa shape index (κ3) is 3.31. The normalized spacial score (nSPS) is 9.83. The van der Waals surface area contributed by atoms with Crippen LogP contribution in [0.5, 0.6) is 5.75 Å². The predicted octanol–water partition coefficient (Wildman–Crippen LogP) is 2.68. The highest BCUT2D eigenvalue weighted by molar-refractivity contribution is 5.70. The maximum absolute atomic E-state index is 11.5. The fourth-order valence-electron chi connectivity index (χ4n) is 1.48. The van der Waals surface area contributed by atoms with Crippen molar-refractivity contribution in [2.75, 3.05) is 0 Å². The van der Waals surface area contributed by atoms with Crippen LogP contribution in [0, 0.1) is 6.92 Å². The zero-order valence-electron chi connectivity index (χ0n) is 10.1. The maximum atomic E-state index is 11.5. The molecule has 4 nitrogen and oxygen atoms in total. The van der Waals surface area contributed by atoms with Crippen LogP contribution in [-0.4, -0.2) is 11.1 Å². The zero-order valence-corrected chi connectivity index (χ0v) is 10.1. The number of pyridine rings is 1. The Morgan fingerprint density at radius 1 is 1.28 bits per heavy atom. The summed E-state index contributed by atoms with van der Waals surface area (Å²) < 4.78 is 5.11. The van der Waals surface area contributed by atoms with E-state index < -0.39 is 6.09 Å². The van der Waals surface area contributed by atoms with Crippen LogP contribution in [0.4, 0.5) is 4.79 Å². The Morgan fingerprint density at radius 3 is 2.78 bits per heavy atom. The lowest BCUT2D eigenvalue weighted by atomic mass is 10.2. The molecule has 92 valence electrons. The molecule has 0 fully saturated rings. The molecule has 0 unspecified atom stereocenters. The highest BCUT2D eigenvalue weighted by Gasteiger charge is 2.04. The lowest BCUT2D eigenvalue weighted by Crippen LogP contribution is -2.26. The molecule has 0 saturated heterocycles. The highest BCUT2D eigenvalue weighted by atomic mass is 16.5. The lowest BCUT2D eigenvalue weighted by Gasteiger charge is -2.07. The van der Waals surface area contributed by atoms with Gasteiger partial charge in [-0.25, -0.2) is 4.79 Å². The number of aromatic nitrogens is 1. The first-order valence-electron chi connectivity index (χ1n) is 5.66. The Kier molecular flexibility index (Phi) is 3.91. The molecular formula is C14H14N2O2. The summed E-state index contributed by atoms with van der Waals surface area (Å²) in [6, 6.07) is 10.9. The van der Waals surface area contributed by atoms with Crippen molar-refractivity contribution in [3.05, 3.63) is 59.9 Å². The first-order valence-corrected chi connectivity index (χ1v) is 5.66. The number of rotatable bonds is 3. The van der Waals surface area contributed by atoms with Crippen molar-refractivity contribution >= 4 is 6.09 Å². The van der Waals surface area contributed by atoms with Gasteiger partial charge in [0.15, 0.2) is 0 Å². The summed E-state index contributed by atoms with van der Waals surface area (Å²) in [5.41, 5.74) is 2.06. The second-order valence-corrected chi connectivity index (χ2v) is 3.86. The number of hydrogen-bond acceptors (Lipinski definition) is 3. The Hall–Kier alpha value is -2.36. The Bertz CT molecular complexity index is 526. The molecule has 1 N–H and O–H groups in total. The SMILES string of the molecule is Cc1ccncc1CNC(=O)Oc1ccccc1. The van der Waals surface area contributed by atoms with Crippen LogP contribution in [0.2, 0.25) is 0 Å². The summed E-state index contributed by atoms with van der Waals surface area (Å²) in [6.45, 7) is 2.38. The molecule has 0 aliphatic heterocycles. The molecule has 18 heavy (non-hydrogen) atoms. The van der Waals surface area contributed by atoms with Gasteiger partial charge < -0.3 is 10.1 Å². The Labute approximate surface area is 106 Å². The molecule has 0 saturated carbocycles. The largest absolute Gasteiger partial charge is 0.412 e. The predicted molar refractivity (Wildman–Crippen MR) is 68.3 cm³/mol. The van der Waals surface area contributed by atoms with Gasteiger partial charge in [0.2, 0.25) is 0 Å². The van der Waals surface area contributed by atoms with Gasteiger partial charge in [-0.15, -0.1) is 0 Å². The van der Waals surface area contributed by atoms with Crippen LogP contribution in [0.15, 0.2) is 48.8 Å². The zero-order chi connectivity index (χ0) is 12.8. The van der Waals surface area contributed by atoms with Gasteiger partial charge in [0, 0.05) is 18.9 Å². The number of aryl methyl sites for hydroxylation is 1. The smallest absolute Gasteiger partial charge is 0.410 e. The van der Waals surface area contributed by atoms with E-state index in [1.54, 1.807) is 24.5 Å². The van der Waals surface area contributed by atoms with Crippen LogP contribution >= 0.6 is 0 Å². The van der Waals surface area contributed by atoms with Crippen molar-refractivity contribution in [3.63, 3.8) is 0 Å². The van der Waals surface area contributed by atoms with Crippen molar-refractivity contribution in [1.82, 2.24) is 10.3 Å². The van der Waals surface area contributed by atoms with E-state index >= 15 is 0 Å². The Morgan fingerprint density at radius 2 is 2.06 bits per heavy atom. The molecule has 0 spiro atoms. The fourth-order valence-corrected chi connectivity index (χ4v) is 1.48. The second-order valence-electron chi connectivity index (χ2n) is 3.86. The molecule has 0 aliphatic carbocycles. The van der Waals surface area contributed by atoms with Crippen LogP contribution < -0.4 is 10.1 Å². The van der Waals surface area contributed by atoms with E-state index in [4.69, 9.17) is 4.74 Å². The van der Waals surface area contributed by atoms with Gasteiger partial charge in [0.1, 0.15) is 5.75 Å². The van der Waals surface area contributed by atoms with Crippen molar-refractivity contribution in [2.45, 2.75) is 13.5 Å². The number of amides is 1. The van der Waals surface area contributed by atoms with Gasteiger partial charge in [-0.05, 0) is 36.2 Å². The average Bonchev–Trinajstić information content (AvgIpc) is 2.39. The third-order valence-corrected chi connectivity index (χ3v) is 2.52. The van der Waals surface area contributed by atoms with E-state index in [9.17, 15) is 4.79 Å². The molecule has 0 atom stereocenters. The van der Waals surface area contributed by atoms with Gasteiger partial charge in [0.05, 0.1) is 0 Å². The van der Waals surface area contributed by atoms with Crippen LogP contribution in [0.25, 0.3) is 0 Å². The summed E-state index contributed by atoms with van der Waals surface area (Å²) in [4.78, 5) is 15.6. The lowest BCUT2D eigenvalue weighted by molar-refractivity contribution is 0.200. The van der Waals surface area contributed by atoms with Gasteiger partial charge in [-0.1, -0.05) is 18.2 Å². The topological polar surface area (TPSA) is 51.2 Å². The van der Waals surface area contributed by atoms with Gasteiger partial charge in [-0.2, -0.15) is 0 Å². The number of para-hydroxylation sites is 1. The number of ether oxygens (including phenoxy) is 1. The molecule has 0 aliphatic rings. The highest BCUT2D eigenvalue weighted by Crippen LogP contribution is 2.09. The van der Waals surface area contributed by atoms with Crippen LogP contribution in [-0.2, 0) is 6.54 Å². The van der Waals surface area contributed by atoms with Gasteiger partial charge in [0.25, 0.3) is 0 Å². The minimum absolute atomic E-state index is 0.408. The van der Waals surface area contributed by atoms with Gasteiger partial charge in [-0.3, -0.25) is 4.98 Å². The molecule has 2 rings (SSSR count). The second kappa shape index (κ2) is 5.82. The number of hydrogen-bond donors (Lipinski definition) is 1. The summed E-state index contributed by atoms with van der Waals surface area (Å²) >= 11 is 0. The number of nitrogens with zero attached hydrogens (tertiary/aromatic N) is 1. The standard InChI is InChI=1S/C14H14N2O2/c1-11-7-8-15-9-12(11)10-16-14(17)18-13-5-3-2-4-6-13/h2-9H,10H2,1H3,(H,16,17). The Balaban J connectivity index is 1.88. The quantitative estimate of drug-likeness (QED) is 0.900. The molecule has 4 heteroatoms. The molecule has 1 heterocycles. The van der Waals surface area contributed by atoms with E-state index in [-0.39, 0.29) is 0 Å².